The van der Waals surface area contributed by atoms with E-state index in [4.69, 9.17) is 5.11 Å². The number of carboxylic acids is 1. The second kappa shape index (κ2) is 5.87. The van der Waals surface area contributed by atoms with Crippen molar-refractivity contribution in [3.63, 3.8) is 0 Å². The maximum absolute atomic E-state index is 11.6. The van der Waals surface area contributed by atoms with E-state index in [1.54, 1.807) is 13.8 Å². The molecule has 0 unspecified atom stereocenters. The van der Waals surface area contributed by atoms with Crippen LogP contribution < -0.4 is 0 Å². The second-order valence-corrected chi connectivity index (χ2v) is 5.43. The Labute approximate surface area is 90.4 Å². The van der Waals surface area contributed by atoms with Gasteiger partial charge in [0.2, 0.25) is 10.0 Å². The maximum atomic E-state index is 11.6. The van der Waals surface area contributed by atoms with Crippen LogP contribution in [0.1, 0.15) is 20.3 Å². The van der Waals surface area contributed by atoms with Crippen LogP contribution in [0, 0.1) is 0 Å². The van der Waals surface area contributed by atoms with Crippen molar-refractivity contribution in [2.24, 2.45) is 0 Å². The van der Waals surface area contributed by atoms with Crippen molar-refractivity contribution in [3.8, 4) is 0 Å². The van der Waals surface area contributed by atoms with Crippen molar-refractivity contribution in [2.45, 2.75) is 20.3 Å². The van der Waals surface area contributed by atoms with E-state index in [2.05, 4.69) is 6.58 Å². The molecule has 5 nitrogen and oxygen atoms in total. The van der Waals surface area contributed by atoms with E-state index in [9.17, 15) is 13.2 Å². The number of aliphatic carboxylic acids is 1. The second-order valence-electron chi connectivity index (χ2n) is 3.34. The van der Waals surface area contributed by atoms with Gasteiger partial charge in [0.25, 0.3) is 0 Å². The van der Waals surface area contributed by atoms with Crippen LogP contribution >= 0.6 is 0 Å². The third kappa shape index (κ3) is 5.54. The lowest BCUT2D eigenvalue weighted by molar-refractivity contribution is -0.136. The van der Waals surface area contributed by atoms with Crippen LogP contribution in [0.2, 0.25) is 0 Å². The van der Waals surface area contributed by atoms with Gasteiger partial charge in [0, 0.05) is 13.1 Å². The van der Waals surface area contributed by atoms with Crippen LogP contribution in [0.4, 0.5) is 0 Å². The average Bonchev–Trinajstić information content (AvgIpc) is 2.10. The molecule has 0 rings (SSSR count). The molecule has 0 aromatic heterocycles. The Hall–Kier alpha value is -0.880. The summed E-state index contributed by atoms with van der Waals surface area (Å²) in [6.45, 7) is 7.65. The van der Waals surface area contributed by atoms with Crippen molar-refractivity contribution in [1.29, 1.82) is 0 Å². The Morgan fingerprint density at radius 2 is 2.00 bits per heavy atom. The summed E-state index contributed by atoms with van der Waals surface area (Å²) < 4.78 is 24.5. The molecule has 0 spiro atoms. The largest absolute Gasteiger partial charge is 0.481 e. The molecule has 0 saturated carbocycles. The molecule has 0 aromatic rings. The van der Waals surface area contributed by atoms with Gasteiger partial charge < -0.3 is 5.11 Å². The van der Waals surface area contributed by atoms with E-state index in [0.29, 0.717) is 6.54 Å². The lowest BCUT2D eigenvalue weighted by atomic mass is 10.3. The van der Waals surface area contributed by atoms with E-state index in [-0.39, 0.29) is 18.7 Å². The zero-order valence-corrected chi connectivity index (χ0v) is 9.88. The van der Waals surface area contributed by atoms with Gasteiger partial charge in [-0.15, -0.1) is 0 Å². The standard InChI is InChI=1S/C9H17NO4S/c1-4-10(7-8(2)3)15(13,14)6-5-9(11)12/h2,4-7H2,1,3H3,(H,11,12). The summed E-state index contributed by atoms with van der Waals surface area (Å²) in [7, 11) is -3.47. The average molecular weight is 235 g/mol. The Morgan fingerprint density at radius 3 is 2.33 bits per heavy atom. The van der Waals surface area contributed by atoms with Crippen LogP contribution in [-0.2, 0) is 14.8 Å². The number of carbonyl (C=O) groups is 1. The molecule has 0 aliphatic rings. The highest BCUT2D eigenvalue weighted by molar-refractivity contribution is 7.89. The molecule has 0 saturated heterocycles. The van der Waals surface area contributed by atoms with E-state index in [1.165, 1.54) is 4.31 Å². The number of likely N-dealkylation sites (N-methyl/N-ethyl adjacent to an activating group) is 1. The lowest BCUT2D eigenvalue weighted by Crippen LogP contribution is -2.34. The zero-order valence-electron chi connectivity index (χ0n) is 9.06. The fourth-order valence-corrected chi connectivity index (χ4v) is 2.55. The predicted molar refractivity (Wildman–Crippen MR) is 58.1 cm³/mol. The Kier molecular flexibility index (Phi) is 5.53. The van der Waals surface area contributed by atoms with Crippen LogP contribution in [0.25, 0.3) is 0 Å². The van der Waals surface area contributed by atoms with Crippen molar-refractivity contribution in [3.05, 3.63) is 12.2 Å². The van der Waals surface area contributed by atoms with Gasteiger partial charge in [0.15, 0.2) is 0 Å². The fraction of sp³-hybridized carbons (Fsp3) is 0.667. The summed E-state index contributed by atoms with van der Waals surface area (Å²) in [5.41, 5.74) is 0.732. The Bertz CT molecular complexity index is 334. The molecule has 0 bridgehead atoms. The summed E-state index contributed by atoms with van der Waals surface area (Å²) in [6, 6.07) is 0. The SMILES string of the molecule is C=C(C)CN(CC)S(=O)(=O)CCC(=O)O. The Balaban J connectivity index is 4.52. The van der Waals surface area contributed by atoms with Gasteiger partial charge in [-0.1, -0.05) is 19.1 Å². The van der Waals surface area contributed by atoms with E-state index in [0.717, 1.165) is 5.57 Å². The highest BCUT2D eigenvalue weighted by atomic mass is 32.2. The topological polar surface area (TPSA) is 74.7 Å². The normalized spacial score (nSPS) is 11.7. The number of rotatable bonds is 7. The van der Waals surface area contributed by atoms with Crippen LogP contribution in [0.5, 0.6) is 0 Å². The number of sulfonamides is 1. The molecule has 0 aliphatic heterocycles. The molecule has 0 amide bonds. The third-order valence-corrected chi connectivity index (χ3v) is 3.66. The highest BCUT2D eigenvalue weighted by Gasteiger charge is 2.21. The molecule has 0 heterocycles. The highest BCUT2D eigenvalue weighted by Crippen LogP contribution is 2.06. The summed E-state index contributed by atoms with van der Waals surface area (Å²) in [5.74, 6) is -1.46. The smallest absolute Gasteiger partial charge is 0.304 e. The minimum absolute atomic E-state index is 0.248. The molecule has 6 heteroatoms. The molecule has 0 aliphatic carbocycles. The number of nitrogens with zero attached hydrogens (tertiary/aromatic N) is 1. The van der Waals surface area contributed by atoms with E-state index < -0.39 is 16.0 Å². The molecule has 15 heavy (non-hydrogen) atoms. The van der Waals surface area contributed by atoms with Crippen LogP contribution in [0.15, 0.2) is 12.2 Å². The third-order valence-electron chi connectivity index (χ3n) is 1.77. The molecular formula is C9H17NO4S. The molecule has 88 valence electrons. The van der Waals surface area contributed by atoms with Gasteiger partial charge in [-0.2, -0.15) is 4.31 Å². The molecule has 0 aromatic carbocycles. The number of carboxylic acid groups (broad SMARTS) is 1. The predicted octanol–water partition coefficient (Wildman–Crippen LogP) is 0.689. The van der Waals surface area contributed by atoms with Gasteiger partial charge in [0.05, 0.1) is 12.2 Å². The van der Waals surface area contributed by atoms with E-state index >= 15 is 0 Å². The first kappa shape index (κ1) is 14.1. The lowest BCUT2D eigenvalue weighted by Gasteiger charge is -2.19. The van der Waals surface area contributed by atoms with Crippen LogP contribution in [0.3, 0.4) is 0 Å². The fourth-order valence-electron chi connectivity index (χ4n) is 1.05. The summed E-state index contributed by atoms with van der Waals surface area (Å²) in [4.78, 5) is 10.3. The van der Waals surface area contributed by atoms with Crippen molar-refractivity contribution < 1.29 is 18.3 Å². The molecule has 0 radical (unpaired) electrons. The minimum Gasteiger partial charge on any atom is -0.481 e. The molecule has 0 atom stereocenters. The number of hydrogen-bond acceptors (Lipinski definition) is 3. The van der Waals surface area contributed by atoms with Gasteiger partial charge in [-0.25, -0.2) is 8.42 Å². The first-order valence-corrected chi connectivity index (χ1v) is 6.24. The monoisotopic (exact) mass is 235 g/mol. The van der Waals surface area contributed by atoms with Gasteiger partial charge in [0.1, 0.15) is 0 Å². The molecule has 1 N–H and O–H groups in total. The number of hydrogen-bond donors (Lipinski definition) is 1. The van der Waals surface area contributed by atoms with Crippen molar-refractivity contribution >= 4 is 16.0 Å². The van der Waals surface area contributed by atoms with Gasteiger partial charge >= 0.3 is 5.97 Å². The first-order valence-electron chi connectivity index (χ1n) is 4.63. The van der Waals surface area contributed by atoms with Crippen molar-refractivity contribution in [1.82, 2.24) is 4.31 Å². The maximum Gasteiger partial charge on any atom is 0.304 e. The zero-order chi connectivity index (χ0) is 12.1. The molecule has 0 fully saturated rings. The Morgan fingerprint density at radius 1 is 1.47 bits per heavy atom. The van der Waals surface area contributed by atoms with Gasteiger partial charge in [-0.05, 0) is 6.92 Å². The van der Waals surface area contributed by atoms with E-state index in [1.807, 2.05) is 0 Å². The van der Waals surface area contributed by atoms with Crippen molar-refractivity contribution in [2.75, 3.05) is 18.8 Å². The van der Waals surface area contributed by atoms with Crippen LogP contribution in [-0.4, -0.2) is 42.6 Å². The quantitative estimate of drug-likeness (QED) is 0.659. The van der Waals surface area contributed by atoms with Gasteiger partial charge in [-0.3, -0.25) is 4.79 Å². The summed E-state index contributed by atoms with van der Waals surface area (Å²) in [5, 5.41) is 8.41. The minimum atomic E-state index is -3.47. The first-order chi connectivity index (χ1) is 6.79. The summed E-state index contributed by atoms with van der Waals surface area (Å²) >= 11 is 0. The summed E-state index contributed by atoms with van der Waals surface area (Å²) in [6.07, 6.45) is -0.366. The molecular weight excluding hydrogens is 218 g/mol.